The molecule has 0 saturated heterocycles. The first kappa shape index (κ1) is 17.7. The van der Waals surface area contributed by atoms with E-state index in [9.17, 15) is 4.79 Å². The molecule has 0 bridgehead atoms. The third-order valence-electron chi connectivity index (χ3n) is 3.67. The summed E-state index contributed by atoms with van der Waals surface area (Å²) >= 11 is 7.60. The van der Waals surface area contributed by atoms with Crippen LogP contribution in [0, 0.1) is 6.92 Å². The van der Waals surface area contributed by atoms with Gasteiger partial charge in [0.2, 0.25) is 0 Å². The molecule has 2 heterocycles. The lowest BCUT2D eigenvalue weighted by Crippen LogP contribution is -2.37. The largest absolute Gasteiger partial charge is 0.308 e. The number of fused-ring (bicyclic) bond motifs is 1. The highest BCUT2D eigenvalue weighted by molar-refractivity contribution is 7.22. The van der Waals surface area contributed by atoms with Crippen molar-refractivity contribution in [2.24, 2.45) is 0 Å². The number of carbonyl (C=O) groups excluding carboxylic acids is 1. The summed E-state index contributed by atoms with van der Waals surface area (Å²) in [6.07, 6.45) is 4.53. The van der Waals surface area contributed by atoms with Crippen molar-refractivity contribution in [1.82, 2.24) is 19.9 Å². The Kier molecular flexibility index (Phi) is 5.27. The predicted molar refractivity (Wildman–Crippen MR) is 102 cm³/mol. The Morgan fingerprint density at radius 1 is 1.24 bits per heavy atom. The molecule has 0 radical (unpaired) electrons. The Morgan fingerprint density at radius 3 is 2.72 bits per heavy atom. The molecule has 0 N–H and O–H groups in total. The zero-order valence-corrected chi connectivity index (χ0v) is 15.8. The molecule has 0 unspecified atom stereocenters. The van der Waals surface area contributed by atoms with E-state index in [0.717, 1.165) is 15.8 Å². The maximum absolute atomic E-state index is 12.9. The first-order chi connectivity index (χ1) is 12.0. The van der Waals surface area contributed by atoms with Crippen molar-refractivity contribution in [3.05, 3.63) is 47.0 Å². The van der Waals surface area contributed by atoms with Gasteiger partial charge < -0.3 is 4.90 Å². The summed E-state index contributed by atoms with van der Waals surface area (Å²) in [4.78, 5) is 29.4. The van der Waals surface area contributed by atoms with Crippen LogP contribution in [0.3, 0.4) is 0 Å². The monoisotopic (exact) mass is 375 g/mol. The number of amides is 1. The molecule has 1 amide bonds. The number of aromatic nitrogens is 3. The molecular weight excluding hydrogens is 358 g/mol. The van der Waals surface area contributed by atoms with E-state index in [-0.39, 0.29) is 5.91 Å². The molecule has 130 valence electrons. The van der Waals surface area contributed by atoms with E-state index in [0.29, 0.717) is 28.9 Å². The van der Waals surface area contributed by atoms with Gasteiger partial charge in [-0.1, -0.05) is 22.9 Å². The lowest BCUT2D eigenvalue weighted by atomic mass is 10.2. The van der Waals surface area contributed by atoms with Crippen LogP contribution in [0.1, 0.15) is 16.1 Å². The summed E-state index contributed by atoms with van der Waals surface area (Å²) in [5.41, 5.74) is 2.16. The zero-order chi connectivity index (χ0) is 18.0. The van der Waals surface area contributed by atoms with Crippen molar-refractivity contribution in [2.45, 2.75) is 6.92 Å². The minimum atomic E-state index is -0.210. The molecule has 0 aliphatic carbocycles. The number of halogens is 1. The first-order valence-electron chi connectivity index (χ1n) is 7.75. The van der Waals surface area contributed by atoms with E-state index < -0.39 is 0 Å². The Hall–Kier alpha value is -2.09. The van der Waals surface area contributed by atoms with Gasteiger partial charge in [-0.2, -0.15) is 0 Å². The van der Waals surface area contributed by atoms with Crippen LogP contribution < -0.4 is 4.90 Å². The van der Waals surface area contributed by atoms with Crippen LogP contribution >= 0.6 is 22.9 Å². The van der Waals surface area contributed by atoms with Gasteiger partial charge in [0, 0.05) is 30.5 Å². The number of benzene rings is 1. The van der Waals surface area contributed by atoms with Gasteiger partial charge in [0.1, 0.15) is 5.69 Å². The molecular formula is C17H18ClN5OS. The molecule has 1 aromatic carbocycles. The number of anilines is 1. The summed E-state index contributed by atoms with van der Waals surface area (Å²) < 4.78 is 0.960. The number of nitrogens with zero attached hydrogens (tertiary/aromatic N) is 5. The van der Waals surface area contributed by atoms with Gasteiger partial charge in [0.15, 0.2) is 5.13 Å². The van der Waals surface area contributed by atoms with Crippen molar-refractivity contribution < 1.29 is 4.79 Å². The third kappa shape index (κ3) is 3.95. The minimum Gasteiger partial charge on any atom is -0.308 e. The highest BCUT2D eigenvalue weighted by atomic mass is 35.5. The van der Waals surface area contributed by atoms with Gasteiger partial charge in [0.25, 0.3) is 5.91 Å². The molecule has 0 saturated carbocycles. The number of hydrogen-bond donors (Lipinski definition) is 0. The van der Waals surface area contributed by atoms with Gasteiger partial charge in [-0.05, 0) is 38.7 Å². The lowest BCUT2D eigenvalue weighted by molar-refractivity contribution is 0.0980. The second-order valence-electron chi connectivity index (χ2n) is 5.92. The molecule has 25 heavy (non-hydrogen) atoms. The molecule has 3 aromatic rings. The summed E-state index contributed by atoms with van der Waals surface area (Å²) in [5, 5.41) is 1.30. The maximum atomic E-state index is 12.9. The van der Waals surface area contributed by atoms with E-state index in [4.69, 9.17) is 11.6 Å². The van der Waals surface area contributed by atoms with Crippen LogP contribution in [-0.2, 0) is 0 Å². The summed E-state index contributed by atoms with van der Waals surface area (Å²) in [5.74, 6) is -0.210. The zero-order valence-electron chi connectivity index (χ0n) is 14.2. The topological polar surface area (TPSA) is 62.2 Å². The second-order valence-corrected chi connectivity index (χ2v) is 7.36. The standard InChI is InChI=1S/C17H18ClN5OS/c1-11-8-12(18)9-14-15(11)21-17(25-14)23(7-6-22(2)3)16(24)13-10-19-4-5-20-13/h4-5,8-10H,6-7H2,1-3H3. The van der Waals surface area contributed by atoms with Crippen molar-refractivity contribution in [1.29, 1.82) is 0 Å². The Morgan fingerprint density at radius 2 is 2.04 bits per heavy atom. The Bertz CT molecular complexity index is 897. The van der Waals surface area contributed by atoms with Crippen molar-refractivity contribution in [3.63, 3.8) is 0 Å². The molecule has 0 aliphatic rings. The summed E-state index contributed by atoms with van der Waals surface area (Å²) in [6, 6.07) is 3.75. The maximum Gasteiger partial charge on any atom is 0.280 e. The molecule has 8 heteroatoms. The number of carbonyl (C=O) groups is 1. The van der Waals surface area contributed by atoms with E-state index in [1.54, 1.807) is 11.1 Å². The van der Waals surface area contributed by atoms with E-state index in [2.05, 4.69) is 15.0 Å². The van der Waals surface area contributed by atoms with Crippen molar-refractivity contribution in [2.75, 3.05) is 32.1 Å². The van der Waals surface area contributed by atoms with Gasteiger partial charge >= 0.3 is 0 Å². The molecule has 0 spiro atoms. The van der Waals surface area contributed by atoms with Crippen molar-refractivity contribution in [3.8, 4) is 0 Å². The predicted octanol–water partition coefficient (Wildman–Crippen LogP) is 3.26. The smallest absolute Gasteiger partial charge is 0.280 e. The van der Waals surface area contributed by atoms with E-state index >= 15 is 0 Å². The second kappa shape index (κ2) is 7.43. The first-order valence-corrected chi connectivity index (χ1v) is 8.94. The van der Waals surface area contributed by atoms with Crippen LogP contribution in [0.4, 0.5) is 5.13 Å². The fraction of sp³-hybridized carbons (Fsp3) is 0.294. The average Bonchev–Trinajstić information content (AvgIpc) is 2.99. The van der Waals surface area contributed by atoms with Gasteiger partial charge in [-0.3, -0.25) is 14.7 Å². The van der Waals surface area contributed by atoms with Crippen LogP contribution in [0.15, 0.2) is 30.7 Å². The SMILES string of the molecule is Cc1cc(Cl)cc2sc(N(CCN(C)C)C(=O)c3cnccn3)nc12. The summed E-state index contributed by atoms with van der Waals surface area (Å²) in [7, 11) is 3.93. The number of aryl methyl sites for hydroxylation is 1. The average molecular weight is 376 g/mol. The lowest BCUT2D eigenvalue weighted by Gasteiger charge is -2.21. The highest BCUT2D eigenvalue weighted by Gasteiger charge is 2.23. The Balaban J connectivity index is 2.02. The van der Waals surface area contributed by atoms with Gasteiger partial charge in [-0.15, -0.1) is 0 Å². The van der Waals surface area contributed by atoms with Gasteiger partial charge in [-0.25, -0.2) is 9.97 Å². The fourth-order valence-electron chi connectivity index (χ4n) is 2.39. The minimum absolute atomic E-state index is 0.210. The molecule has 3 rings (SSSR count). The number of likely N-dealkylation sites (N-methyl/N-ethyl adjacent to an activating group) is 1. The number of hydrogen-bond acceptors (Lipinski definition) is 6. The van der Waals surface area contributed by atoms with Crippen LogP contribution in [-0.4, -0.2) is 52.9 Å². The molecule has 0 fully saturated rings. The molecule has 2 aromatic heterocycles. The quantitative estimate of drug-likeness (QED) is 0.685. The normalized spacial score (nSPS) is 11.2. The van der Waals surface area contributed by atoms with Gasteiger partial charge in [0.05, 0.1) is 16.4 Å². The van der Waals surface area contributed by atoms with Crippen LogP contribution in [0.2, 0.25) is 5.02 Å². The number of thiazole rings is 1. The molecule has 0 atom stereocenters. The van der Waals surface area contributed by atoms with Crippen LogP contribution in [0.5, 0.6) is 0 Å². The molecule has 0 aliphatic heterocycles. The van der Waals surface area contributed by atoms with Crippen LogP contribution in [0.25, 0.3) is 10.2 Å². The summed E-state index contributed by atoms with van der Waals surface area (Å²) in [6.45, 7) is 3.18. The Labute approximate surface area is 155 Å². The van der Waals surface area contributed by atoms with E-state index in [1.807, 2.05) is 38.1 Å². The van der Waals surface area contributed by atoms with E-state index in [1.165, 1.54) is 23.7 Å². The highest BCUT2D eigenvalue weighted by Crippen LogP contribution is 2.33. The third-order valence-corrected chi connectivity index (χ3v) is 4.91. The number of rotatable bonds is 5. The fourth-order valence-corrected chi connectivity index (χ4v) is 3.83. The molecule has 6 nitrogen and oxygen atoms in total. The van der Waals surface area contributed by atoms with Crippen molar-refractivity contribution >= 4 is 44.2 Å².